The van der Waals surface area contributed by atoms with Crippen molar-refractivity contribution in [2.24, 2.45) is 23.5 Å². The van der Waals surface area contributed by atoms with Gasteiger partial charge in [0.2, 0.25) is 0 Å². The zero-order valence-corrected chi connectivity index (χ0v) is 9.58. The fourth-order valence-corrected chi connectivity index (χ4v) is 2.67. The van der Waals surface area contributed by atoms with E-state index in [9.17, 15) is 0 Å². The van der Waals surface area contributed by atoms with Crippen LogP contribution in [0.1, 0.15) is 52.4 Å². The van der Waals surface area contributed by atoms with Crippen molar-refractivity contribution in [3.63, 3.8) is 0 Å². The first-order valence-electron chi connectivity index (χ1n) is 6.03. The molecule has 0 aliphatic heterocycles. The number of nitrogens with two attached hydrogens (primary N) is 1. The lowest BCUT2D eigenvalue weighted by Gasteiger charge is -2.31. The molecular formula is C12H25NO. The smallest absolute Gasteiger partial charge is 0.102 e. The molecule has 1 aliphatic rings. The van der Waals surface area contributed by atoms with Crippen molar-refractivity contribution in [1.82, 2.24) is 0 Å². The minimum absolute atomic E-state index is 0.613. The van der Waals surface area contributed by atoms with E-state index in [0.717, 1.165) is 30.6 Å². The van der Waals surface area contributed by atoms with E-state index in [4.69, 9.17) is 10.8 Å². The van der Waals surface area contributed by atoms with Crippen LogP contribution < -0.4 is 5.73 Å². The van der Waals surface area contributed by atoms with E-state index in [0.29, 0.717) is 0 Å². The topological polar surface area (TPSA) is 46.2 Å². The summed E-state index contributed by atoms with van der Waals surface area (Å²) >= 11 is 0. The Morgan fingerprint density at radius 1 is 1.36 bits per heavy atom. The summed E-state index contributed by atoms with van der Waals surface area (Å²) in [6.07, 6.45) is 6.78. The van der Waals surface area contributed by atoms with Crippen molar-refractivity contribution in [3.8, 4) is 0 Å². The number of aliphatic hydroxyl groups is 1. The minimum atomic E-state index is -0.613. The van der Waals surface area contributed by atoms with Crippen LogP contribution in [0.3, 0.4) is 0 Å². The van der Waals surface area contributed by atoms with Crippen molar-refractivity contribution in [1.29, 1.82) is 0 Å². The molecule has 0 amide bonds. The third-order valence-electron chi connectivity index (χ3n) is 3.70. The van der Waals surface area contributed by atoms with Gasteiger partial charge in [0.05, 0.1) is 0 Å². The highest BCUT2D eigenvalue weighted by atomic mass is 16.3. The van der Waals surface area contributed by atoms with Crippen LogP contribution in [0.15, 0.2) is 0 Å². The fraction of sp³-hybridized carbons (Fsp3) is 1.00. The van der Waals surface area contributed by atoms with Crippen LogP contribution in [-0.2, 0) is 0 Å². The Kier molecular flexibility index (Phi) is 4.90. The first-order valence-corrected chi connectivity index (χ1v) is 6.03. The third-order valence-corrected chi connectivity index (χ3v) is 3.70. The monoisotopic (exact) mass is 199 g/mol. The maximum atomic E-state index is 9.03. The van der Waals surface area contributed by atoms with Crippen molar-refractivity contribution < 1.29 is 5.11 Å². The Bertz CT molecular complexity index is 158. The minimum Gasteiger partial charge on any atom is -0.379 e. The second-order valence-corrected chi connectivity index (χ2v) is 5.15. The standard InChI is InChI=1S/C12H25NO/c1-9-4-3-5-11(8-9)10(2)6-7-12(13)14/h9-12,14H,3-8,13H2,1-2H3/t9-,10?,11?,12?/m0/s1. The molecule has 2 heteroatoms. The summed E-state index contributed by atoms with van der Waals surface area (Å²) in [4.78, 5) is 0. The molecule has 0 spiro atoms. The molecule has 1 rings (SSSR count). The number of rotatable bonds is 4. The molecule has 1 aliphatic carbocycles. The Labute approximate surface area is 87.9 Å². The maximum Gasteiger partial charge on any atom is 0.102 e. The van der Waals surface area contributed by atoms with E-state index in [2.05, 4.69) is 13.8 Å². The number of aliphatic hydroxyl groups excluding tert-OH is 1. The van der Waals surface area contributed by atoms with Gasteiger partial charge in [-0.05, 0) is 37.0 Å². The van der Waals surface area contributed by atoms with E-state index in [1.165, 1.54) is 25.7 Å². The summed E-state index contributed by atoms with van der Waals surface area (Å²) in [5.74, 6) is 2.51. The molecule has 0 radical (unpaired) electrons. The van der Waals surface area contributed by atoms with Crippen molar-refractivity contribution in [2.45, 2.75) is 58.6 Å². The highest BCUT2D eigenvalue weighted by Crippen LogP contribution is 2.35. The first kappa shape index (κ1) is 12.0. The van der Waals surface area contributed by atoms with Crippen LogP contribution in [0.2, 0.25) is 0 Å². The van der Waals surface area contributed by atoms with Crippen LogP contribution in [-0.4, -0.2) is 11.3 Å². The van der Waals surface area contributed by atoms with Gasteiger partial charge in [-0.3, -0.25) is 0 Å². The molecule has 0 heterocycles. The predicted octanol–water partition coefficient (Wildman–Crippen LogP) is 2.51. The molecule has 1 saturated carbocycles. The van der Waals surface area contributed by atoms with Crippen molar-refractivity contribution >= 4 is 0 Å². The van der Waals surface area contributed by atoms with Gasteiger partial charge in [0, 0.05) is 0 Å². The van der Waals surface area contributed by atoms with Crippen LogP contribution in [0.4, 0.5) is 0 Å². The second kappa shape index (κ2) is 5.72. The van der Waals surface area contributed by atoms with Gasteiger partial charge in [-0.15, -0.1) is 0 Å². The number of hydrogen-bond acceptors (Lipinski definition) is 2. The largest absolute Gasteiger partial charge is 0.379 e. The van der Waals surface area contributed by atoms with E-state index >= 15 is 0 Å². The molecule has 4 atom stereocenters. The second-order valence-electron chi connectivity index (χ2n) is 5.15. The highest BCUT2D eigenvalue weighted by Gasteiger charge is 2.23. The molecule has 14 heavy (non-hydrogen) atoms. The molecule has 0 bridgehead atoms. The lowest BCUT2D eigenvalue weighted by molar-refractivity contribution is 0.143. The maximum absolute atomic E-state index is 9.03. The summed E-state index contributed by atoms with van der Waals surface area (Å²) in [6, 6.07) is 0. The molecular weight excluding hydrogens is 174 g/mol. The van der Waals surface area contributed by atoms with E-state index < -0.39 is 6.23 Å². The van der Waals surface area contributed by atoms with E-state index in [1.807, 2.05) is 0 Å². The molecule has 3 unspecified atom stereocenters. The summed E-state index contributed by atoms with van der Waals surface area (Å²) in [5.41, 5.74) is 5.35. The van der Waals surface area contributed by atoms with Gasteiger partial charge in [-0.2, -0.15) is 0 Å². The molecule has 84 valence electrons. The van der Waals surface area contributed by atoms with E-state index in [1.54, 1.807) is 0 Å². The van der Waals surface area contributed by atoms with Crippen molar-refractivity contribution in [3.05, 3.63) is 0 Å². The van der Waals surface area contributed by atoms with E-state index in [-0.39, 0.29) is 0 Å². The molecule has 1 fully saturated rings. The quantitative estimate of drug-likeness (QED) is 0.683. The average molecular weight is 199 g/mol. The van der Waals surface area contributed by atoms with Crippen LogP contribution in [0.5, 0.6) is 0 Å². The molecule has 3 N–H and O–H groups in total. The van der Waals surface area contributed by atoms with Gasteiger partial charge in [0.15, 0.2) is 0 Å². The molecule has 0 aromatic rings. The van der Waals surface area contributed by atoms with Gasteiger partial charge < -0.3 is 10.8 Å². The Morgan fingerprint density at radius 3 is 2.64 bits per heavy atom. The lowest BCUT2D eigenvalue weighted by Crippen LogP contribution is -2.23. The molecule has 0 aromatic carbocycles. The molecule has 0 aromatic heterocycles. The Hall–Kier alpha value is -0.0800. The molecule has 0 saturated heterocycles. The van der Waals surface area contributed by atoms with Crippen LogP contribution in [0.25, 0.3) is 0 Å². The van der Waals surface area contributed by atoms with Gasteiger partial charge in [-0.1, -0.05) is 33.1 Å². The summed E-state index contributed by atoms with van der Waals surface area (Å²) < 4.78 is 0. The third kappa shape index (κ3) is 3.97. The van der Waals surface area contributed by atoms with Crippen LogP contribution >= 0.6 is 0 Å². The van der Waals surface area contributed by atoms with Gasteiger partial charge in [-0.25, -0.2) is 0 Å². The Balaban J connectivity index is 2.25. The van der Waals surface area contributed by atoms with Crippen LogP contribution in [0, 0.1) is 17.8 Å². The van der Waals surface area contributed by atoms with Crippen molar-refractivity contribution in [2.75, 3.05) is 0 Å². The summed E-state index contributed by atoms with van der Waals surface area (Å²) in [5, 5.41) is 9.03. The normalized spacial score (nSPS) is 32.6. The predicted molar refractivity (Wildman–Crippen MR) is 59.7 cm³/mol. The first-order chi connectivity index (χ1) is 6.59. The number of hydrogen-bond donors (Lipinski definition) is 2. The average Bonchev–Trinajstić information content (AvgIpc) is 2.14. The molecule has 2 nitrogen and oxygen atoms in total. The van der Waals surface area contributed by atoms with Gasteiger partial charge >= 0.3 is 0 Å². The van der Waals surface area contributed by atoms with Gasteiger partial charge in [0.25, 0.3) is 0 Å². The summed E-state index contributed by atoms with van der Waals surface area (Å²) in [7, 11) is 0. The zero-order chi connectivity index (χ0) is 10.6. The SMILES string of the molecule is CC(CCC(N)O)C1CCC[C@H](C)C1. The Morgan fingerprint density at radius 2 is 2.07 bits per heavy atom. The zero-order valence-electron chi connectivity index (χ0n) is 9.58. The summed E-state index contributed by atoms with van der Waals surface area (Å²) in [6.45, 7) is 4.67. The highest BCUT2D eigenvalue weighted by molar-refractivity contribution is 4.75. The lowest BCUT2D eigenvalue weighted by atomic mass is 9.75. The fourth-order valence-electron chi connectivity index (χ4n) is 2.67. The van der Waals surface area contributed by atoms with Gasteiger partial charge in [0.1, 0.15) is 6.23 Å².